The number of nitrogens with zero attached hydrogens (tertiary/aromatic N) is 2. The van der Waals surface area contributed by atoms with Crippen molar-refractivity contribution in [1.82, 2.24) is 4.98 Å². The van der Waals surface area contributed by atoms with E-state index in [4.69, 9.17) is 0 Å². The maximum atomic E-state index is 12.0. The van der Waals surface area contributed by atoms with Gasteiger partial charge in [-0.1, -0.05) is 0 Å². The molecule has 0 fully saturated rings. The lowest BCUT2D eigenvalue weighted by Gasteiger charge is -2.15. The van der Waals surface area contributed by atoms with Crippen molar-refractivity contribution >= 4 is 22.8 Å². The van der Waals surface area contributed by atoms with Gasteiger partial charge in [-0.05, 0) is 44.4 Å². The van der Waals surface area contributed by atoms with Crippen molar-refractivity contribution < 1.29 is 9.90 Å². The predicted octanol–water partition coefficient (Wildman–Crippen LogP) is 3.45. The number of carbonyl (C=O) groups excluding carboxylic acids is 1. The van der Waals surface area contributed by atoms with E-state index in [1.165, 1.54) is 11.3 Å². The van der Waals surface area contributed by atoms with Gasteiger partial charge in [0.1, 0.15) is 5.01 Å². The number of benzene rings is 1. The van der Waals surface area contributed by atoms with Crippen LogP contribution in [0.1, 0.15) is 46.8 Å². The lowest BCUT2D eigenvalue weighted by Crippen LogP contribution is -2.10. The quantitative estimate of drug-likeness (QED) is 0.881. The molecule has 0 spiro atoms. The monoisotopic (exact) mass is 316 g/mol. The number of anilines is 1. The summed E-state index contributed by atoms with van der Waals surface area (Å²) in [5.74, 6) is 0.0346. The Morgan fingerprint density at radius 3 is 2.82 bits per heavy atom. The number of aliphatic hydroxyl groups excluding tert-OH is 1. The zero-order chi connectivity index (χ0) is 15.9. The van der Waals surface area contributed by atoms with Crippen LogP contribution in [0.4, 0.5) is 5.69 Å². The molecule has 1 unspecified atom stereocenters. The highest BCUT2D eigenvalue weighted by atomic mass is 32.1. The highest BCUT2D eigenvalue weighted by Gasteiger charge is 2.24. The van der Waals surface area contributed by atoms with Gasteiger partial charge in [0.15, 0.2) is 5.78 Å². The van der Waals surface area contributed by atoms with Gasteiger partial charge in [-0.3, -0.25) is 4.79 Å². The maximum absolute atomic E-state index is 12.0. The van der Waals surface area contributed by atoms with Crippen molar-refractivity contribution in [2.24, 2.45) is 0 Å². The van der Waals surface area contributed by atoms with Crippen molar-refractivity contribution in [3.63, 3.8) is 0 Å². The number of aromatic nitrogens is 1. The number of Topliss-reactive ketones (excluding diaryl/α,β-unsaturated/α-hetero) is 1. The summed E-state index contributed by atoms with van der Waals surface area (Å²) < 4.78 is 0. The summed E-state index contributed by atoms with van der Waals surface area (Å²) in [5.41, 5.74) is 3.54. The Labute approximate surface area is 134 Å². The minimum absolute atomic E-state index is 0.0346. The van der Waals surface area contributed by atoms with Gasteiger partial charge in [-0.2, -0.15) is 0 Å². The molecule has 0 saturated carbocycles. The van der Waals surface area contributed by atoms with Crippen LogP contribution in [0.5, 0.6) is 0 Å². The number of fused-ring (bicyclic) bond motifs is 1. The van der Waals surface area contributed by atoms with Gasteiger partial charge >= 0.3 is 0 Å². The number of aryl methyl sites for hydroxylation is 1. The molecule has 3 rings (SSSR count). The summed E-state index contributed by atoms with van der Waals surface area (Å²) in [6.07, 6.45) is 2.27. The summed E-state index contributed by atoms with van der Waals surface area (Å²) >= 11 is 1.52. The molecule has 1 heterocycles. The molecule has 0 bridgehead atoms. The SMILES string of the molecule is CC(=O)c1cc(N(C)C)ccc1-c1nc2c(s1)C(O)CCC2. The fourth-order valence-corrected chi connectivity index (χ4v) is 3.97. The van der Waals surface area contributed by atoms with E-state index in [1.54, 1.807) is 6.92 Å². The highest BCUT2D eigenvalue weighted by molar-refractivity contribution is 7.15. The van der Waals surface area contributed by atoms with E-state index in [-0.39, 0.29) is 5.78 Å². The molecule has 1 aromatic heterocycles. The first kappa shape index (κ1) is 15.2. The Morgan fingerprint density at radius 1 is 1.41 bits per heavy atom. The van der Waals surface area contributed by atoms with Crippen LogP contribution in [0.3, 0.4) is 0 Å². The molecule has 4 nitrogen and oxygen atoms in total. The topological polar surface area (TPSA) is 53.4 Å². The van der Waals surface area contributed by atoms with E-state index in [2.05, 4.69) is 4.98 Å². The van der Waals surface area contributed by atoms with Crippen LogP contribution in [-0.4, -0.2) is 30.0 Å². The van der Waals surface area contributed by atoms with Crippen LogP contribution < -0.4 is 4.90 Å². The minimum atomic E-state index is -0.406. The third-order valence-corrected chi connectivity index (χ3v) is 5.28. The Hall–Kier alpha value is -1.72. The Morgan fingerprint density at radius 2 is 2.18 bits per heavy atom. The molecule has 2 aromatic rings. The highest BCUT2D eigenvalue weighted by Crippen LogP contribution is 2.39. The van der Waals surface area contributed by atoms with E-state index < -0.39 is 6.10 Å². The second-order valence-electron chi connectivity index (χ2n) is 5.92. The van der Waals surface area contributed by atoms with Gasteiger partial charge in [0.25, 0.3) is 0 Å². The molecule has 1 aromatic carbocycles. The summed E-state index contributed by atoms with van der Waals surface area (Å²) in [6, 6.07) is 5.87. The lowest BCUT2D eigenvalue weighted by atomic mass is 10.0. The van der Waals surface area contributed by atoms with E-state index >= 15 is 0 Å². The number of rotatable bonds is 3. The van der Waals surface area contributed by atoms with E-state index in [9.17, 15) is 9.90 Å². The first-order valence-electron chi connectivity index (χ1n) is 7.47. The van der Waals surface area contributed by atoms with E-state index in [0.717, 1.165) is 46.1 Å². The lowest BCUT2D eigenvalue weighted by molar-refractivity contribution is 0.101. The van der Waals surface area contributed by atoms with Gasteiger partial charge < -0.3 is 10.0 Å². The van der Waals surface area contributed by atoms with Gasteiger partial charge in [-0.15, -0.1) is 11.3 Å². The number of carbonyl (C=O) groups is 1. The smallest absolute Gasteiger partial charge is 0.160 e. The molecule has 1 aliphatic rings. The van der Waals surface area contributed by atoms with Crippen molar-refractivity contribution in [3.05, 3.63) is 34.3 Å². The molecule has 22 heavy (non-hydrogen) atoms. The number of thiazole rings is 1. The third-order valence-electron chi connectivity index (χ3n) is 4.05. The number of hydrogen-bond acceptors (Lipinski definition) is 5. The molecule has 116 valence electrons. The Kier molecular flexibility index (Phi) is 4.02. The second-order valence-corrected chi connectivity index (χ2v) is 6.95. The molecule has 5 heteroatoms. The summed E-state index contributed by atoms with van der Waals surface area (Å²) in [6.45, 7) is 1.58. The van der Waals surface area contributed by atoms with Crippen LogP contribution in [0.15, 0.2) is 18.2 Å². The number of hydrogen-bond donors (Lipinski definition) is 1. The van der Waals surface area contributed by atoms with Crippen molar-refractivity contribution in [2.45, 2.75) is 32.3 Å². The van der Waals surface area contributed by atoms with Gasteiger partial charge in [0, 0.05) is 30.9 Å². The van der Waals surface area contributed by atoms with E-state index in [1.807, 2.05) is 37.2 Å². The minimum Gasteiger partial charge on any atom is -0.388 e. The normalized spacial score (nSPS) is 17.2. The number of ketones is 1. The molecule has 0 radical (unpaired) electrons. The maximum Gasteiger partial charge on any atom is 0.160 e. The van der Waals surface area contributed by atoms with Crippen LogP contribution in [0.2, 0.25) is 0 Å². The predicted molar refractivity (Wildman–Crippen MR) is 89.8 cm³/mol. The zero-order valence-electron chi connectivity index (χ0n) is 13.1. The first-order valence-corrected chi connectivity index (χ1v) is 8.29. The van der Waals surface area contributed by atoms with Crippen LogP contribution in [0.25, 0.3) is 10.6 Å². The van der Waals surface area contributed by atoms with Gasteiger partial charge in [0.2, 0.25) is 0 Å². The average molecular weight is 316 g/mol. The molecule has 0 aliphatic heterocycles. The average Bonchev–Trinajstić information content (AvgIpc) is 2.92. The van der Waals surface area contributed by atoms with Crippen LogP contribution in [-0.2, 0) is 6.42 Å². The van der Waals surface area contributed by atoms with Crippen LogP contribution in [0, 0.1) is 0 Å². The Balaban J connectivity index is 2.10. The molecule has 1 aliphatic carbocycles. The molecule has 0 saturated heterocycles. The van der Waals surface area contributed by atoms with Crippen molar-refractivity contribution in [2.75, 3.05) is 19.0 Å². The van der Waals surface area contributed by atoms with Gasteiger partial charge in [0.05, 0.1) is 16.7 Å². The van der Waals surface area contributed by atoms with Crippen molar-refractivity contribution in [1.29, 1.82) is 0 Å². The Bertz CT molecular complexity index is 721. The third kappa shape index (κ3) is 2.66. The van der Waals surface area contributed by atoms with Crippen LogP contribution >= 0.6 is 11.3 Å². The molecular formula is C17H20N2O2S. The summed E-state index contributed by atoms with van der Waals surface area (Å²) in [4.78, 5) is 19.7. The fraction of sp³-hybridized carbons (Fsp3) is 0.412. The van der Waals surface area contributed by atoms with Gasteiger partial charge in [-0.25, -0.2) is 4.98 Å². The first-order chi connectivity index (χ1) is 10.5. The number of aliphatic hydroxyl groups is 1. The van der Waals surface area contributed by atoms with E-state index in [0.29, 0.717) is 5.56 Å². The molecule has 0 amide bonds. The largest absolute Gasteiger partial charge is 0.388 e. The molecular weight excluding hydrogens is 296 g/mol. The molecule has 1 atom stereocenters. The zero-order valence-corrected chi connectivity index (χ0v) is 13.9. The molecule has 1 N–H and O–H groups in total. The summed E-state index contributed by atoms with van der Waals surface area (Å²) in [7, 11) is 3.91. The fourth-order valence-electron chi connectivity index (χ4n) is 2.80. The summed E-state index contributed by atoms with van der Waals surface area (Å²) in [5, 5.41) is 10.9. The standard InChI is InChI=1S/C17H20N2O2S/c1-10(20)13-9-11(19(2)3)7-8-12(13)17-18-14-5-4-6-15(21)16(14)22-17/h7-9,15,21H,4-6H2,1-3H3. The van der Waals surface area contributed by atoms with Crippen molar-refractivity contribution in [3.8, 4) is 10.6 Å². The second kappa shape index (κ2) is 5.82.